The first-order valence-corrected chi connectivity index (χ1v) is 6.17. The summed E-state index contributed by atoms with van der Waals surface area (Å²) in [5.74, 6) is 0. The molecule has 1 heterocycles. The van der Waals surface area contributed by atoms with Gasteiger partial charge in [0.1, 0.15) is 0 Å². The Morgan fingerprint density at radius 3 is 2.94 bits per heavy atom. The SMILES string of the molecule is OCC1(NC2CC2)CCC(n2ccnc2)C1. The Labute approximate surface area is 95.7 Å². The molecule has 0 radical (unpaired) electrons. The van der Waals surface area contributed by atoms with Gasteiger partial charge in [-0.1, -0.05) is 0 Å². The molecule has 2 saturated carbocycles. The zero-order valence-corrected chi connectivity index (χ0v) is 9.47. The molecule has 4 heteroatoms. The monoisotopic (exact) mass is 221 g/mol. The lowest BCUT2D eigenvalue weighted by molar-refractivity contribution is 0.158. The van der Waals surface area contributed by atoms with Crippen molar-refractivity contribution in [3.8, 4) is 0 Å². The molecule has 16 heavy (non-hydrogen) atoms. The number of nitrogens with one attached hydrogen (secondary N) is 1. The van der Waals surface area contributed by atoms with Crippen LogP contribution in [0.15, 0.2) is 18.7 Å². The van der Waals surface area contributed by atoms with Crippen LogP contribution >= 0.6 is 0 Å². The largest absolute Gasteiger partial charge is 0.394 e. The van der Waals surface area contributed by atoms with Gasteiger partial charge in [0.05, 0.1) is 12.9 Å². The molecule has 0 bridgehead atoms. The van der Waals surface area contributed by atoms with Crippen molar-refractivity contribution in [2.24, 2.45) is 0 Å². The first-order chi connectivity index (χ1) is 7.81. The van der Waals surface area contributed by atoms with E-state index < -0.39 is 0 Å². The zero-order chi connectivity index (χ0) is 11.0. The number of aliphatic hydroxyl groups is 1. The second-order valence-electron chi connectivity index (χ2n) is 5.26. The second-order valence-corrected chi connectivity index (χ2v) is 5.26. The van der Waals surface area contributed by atoms with Crippen molar-refractivity contribution < 1.29 is 5.11 Å². The smallest absolute Gasteiger partial charge is 0.0948 e. The highest BCUT2D eigenvalue weighted by atomic mass is 16.3. The van der Waals surface area contributed by atoms with Crippen LogP contribution in [0.5, 0.6) is 0 Å². The van der Waals surface area contributed by atoms with Crippen molar-refractivity contribution in [2.45, 2.75) is 49.7 Å². The third-order valence-corrected chi connectivity index (χ3v) is 3.92. The molecule has 2 unspecified atom stereocenters. The van der Waals surface area contributed by atoms with Crippen LogP contribution in [0.25, 0.3) is 0 Å². The lowest BCUT2D eigenvalue weighted by Crippen LogP contribution is -2.47. The van der Waals surface area contributed by atoms with Crippen molar-refractivity contribution in [1.82, 2.24) is 14.9 Å². The predicted octanol–water partition coefficient (Wildman–Crippen LogP) is 1.09. The van der Waals surface area contributed by atoms with E-state index in [0.717, 1.165) is 19.3 Å². The molecule has 2 aliphatic carbocycles. The minimum atomic E-state index is -0.0316. The normalized spacial score (nSPS) is 34.4. The summed E-state index contributed by atoms with van der Waals surface area (Å²) in [4.78, 5) is 4.09. The molecule has 0 spiro atoms. The van der Waals surface area contributed by atoms with E-state index in [1.807, 2.05) is 18.7 Å². The van der Waals surface area contributed by atoms with Gasteiger partial charge in [0, 0.05) is 30.0 Å². The highest BCUT2D eigenvalue weighted by Gasteiger charge is 2.42. The van der Waals surface area contributed by atoms with E-state index in [9.17, 15) is 5.11 Å². The molecule has 4 nitrogen and oxygen atoms in total. The maximum Gasteiger partial charge on any atom is 0.0948 e. The molecule has 1 aromatic rings. The average molecular weight is 221 g/mol. The molecule has 3 rings (SSSR count). The fraction of sp³-hybridized carbons (Fsp3) is 0.750. The number of imidazole rings is 1. The van der Waals surface area contributed by atoms with Crippen molar-refractivity contribution >= 4 is 0 Å². The third-order valence-electron chi connectivity index (χ3n) is 3.92. The van der Waals surface area contributed by atoms with Gasteiger partial charge in [0.25, 0.3) is 0 Å². The molecule has 0 aromatic carbocycles. The van der Waals surface area contributed by atoms with Gasteiger partial charge in [-0.05, 0) is 32.1 Å². The molecule has 2 atom stereocenters. The Morgan fingerprint density at radius 2 is 2.31 bits per heavy atom. The first kappa shape index (κ1) is 10.3. The summed E-state index contributed by atoms with van der Waals surface area (Å²) in [6.45, 7) is 0.259. The Balaban J connectivity index is 1.69. The number of nitrogens with zero attached hydrogens (tertiary/aromatic N) is 2. The third kappa shape index (κ3) is 1.87. The van der Waals surface area contributed by atoms with Gasteiger partial charge in [-0.3, -0.25) is 0 Å². The van der Waals surface area contributed by atoms with Crippen molar-refractivity contribution in [3.63, 3.8) is 0 Å². The van der Waals surface area contributed by atoms with Crippen LogP contribution in [-0.2, 0) is 0 Å². The van der Waals surface area contributed by atoms with Crippen LogP contribution in [0.3, 0.4) is 0 Å². The molecule has 0 saturated heterocycles. The number of aliphatic hydroxyl groups excluding tert-OH is 1. The molecule has 1 aromatic heterocycles. The van der Waals surface area contributed by atoms with Crippen LogP contribution in [0.2, 0.25) is 0 Å². The lowest BCUT2D eigenvalue weighted by Gasteiger charge is -2.28. The molecule has 0 amide bonds. The van der Waals surface area contributed by atoms with E-state index in [0.29, 0.717) is 12.1 Å². The summed E-state index contributed by atoms with van der Waals surface area (Å²) in [5, 5.41) is 13.2. The highest BCUT2D eigenvalue weighted by molar-refractivity contribution is 5.02. The average Bonchev–Trinajstić information content (AvgIpc) is 2.84. The van der Waals surface area contributed by atoms with Crippen LogP contribution in [0, 0.1) is 0 Å². The van der Waals surface area contributed by atoms with E-state index >= 15 is 0 Å². The molecule has 88 valence electrons. The second kappa shape index (κ2) is 3.86. The lowest BCUT2D eigenvalue weighted by atomic mass is 9.98. The van der Waals surface area contributed by atoms with Gasteiger partial charge in [-0.15, -0.1) is 0 Å². The standard InChI is InChI=1S/C12H19N3O/c16-8-12(14-10-1-2-10)4-3-11(7-12)15-6-5-13-9-15/h5-6,9-11,14,16H,1-4,7-8H2. The summed E-state index contributed by atoms with van der Waals surface area (Å²) in [6, 6.07) is 1.16. The summed E-state index contributed by atoms with van der Waals surface area (Å²) >= 11 is 0. The molecule has 2 N–H and O–H groups in total. The van der Waals surface area contributed by atoms with E-state index in [4.69, 9.17) is 0 Å². The predicted molar refractivity (Wildman–Crippen MR) is 61.1 cm³/mol. The van der Waals surface area contributed by atoms with Crippen LogP contribution in [-0.4, -0.2) is 32.8 Å². The summed E-state index contributed by atoms with van der Waals surface area (Å²) in [7, 11) is 0. The van der Waals surface area contributed by atoms with Gasteiger partial charge >= 0.3 is 0 Å². The topological polar surface area (TPSA) is 50.1 Å². The zero-order valence-electron chi connectivity index (χ0n) is 9.47. The summed E-state index contributed by atoms with van der Waals surface area (Å²) in [5.41, 5.74) is -0.0316. The maximum atomic E-state index is 9.62. The van der Waals surface area contributed by atoms with Gasteiger partial charge in [0.2, 0.25) is 0 Å². The summed E-state index contributed by atoms with van der Waals surface area (Å²) in [6.07, 6.45) is 11.5. The minimum Gasteiger partial charge on any atom is -0.394 e. The number of hydrogen-bond donors (Lipinski definition) is 2. The fourth-order valence-electron chi connectivity index (χ4n) is 2.82. The minimum absolute atomic E-state index is 0.0316. The number of hydrogen-bond acceptors (Lipinski definition) is 3. The van der Waals surface area contributed by atoms with Gasteiger partial charge in [-0.2, -0.15) is 0 Å². The molecule has 0 aliphatic heterocycles. The Morgan fingerprint density at radius 1 is 1.44 bits per heavy atom. The van der Waals surface area contributed by atoms with E-state index in [2.05, 4.69) is 14.9 Å². The fourth-order valence-corrected chi connectivity index (χ4v) is 2.82. The summed E-state index contributed by atoms with van der Waals surface area (Å²) < 4.78 is 2.17. The molecular weight excluding hydrogens is 202 g/mol. The Hall–Kier alpha value is -0.870. The Kier molecular flexibility index (Phi) is 2.48. The van der Waals surface area contributed by atoms with Crippen molar-refractivity contribution in [3.05, 3.63) is 18.7 Å². The Bertz CT molecular complexity index is 347. The van der Waals surface area contributed by atoms with Gasteiger partial charge in [0.15, 0.2) is 0 Å². The molecular formula is C12H19N3O. The molecule has 2 aliphatic rings. The van der Waals surface area contributed by atoms with Crippen LogP contribution in [0.4, 0.5) is 0 Å². The van der Waals surface area contributed by atoms with Crippen molar-refractivity contribution in [2.75, 3.05) is 6.61 Å². The van der Waals surface area contributed by atoms with Crippen molar-refractivity contribution in [1.29, 1.82) is 0 Å². The number of aromatic nitrogens is 2. The first-order valence-electron chi connectivity index (χ1n) is 6.17. The quantitative estimate of drug-likeness (QED) is 0.800. The number of rotatable bonds is 4. The van der Waals surface area contributed by atoms with E-state index in [1.165, 1.54) is 12.8 Å². The maximum absolute atomic E-state index is 9.62. The van der Waals surface area contributed by atoms with Gasteiger partial charge < -0.3 is 15.0 Å². The van der Waals surface area contributed by atoms with Crippen LogP contribution < -0.4 is 5.32 Å². The highest BCUT2D eigenvalue weighted by Crippen LogP contribution is 2.39. The molecule has 2 fully saturated rings. The van der Waals surface area contributed by atoms with Crippen LogP contribution in [0.1, 0.15) is 38.1 Å². The van der Waals surface area contributed by atoms with E-state index in [-0.39, 0.29) is 12.1 Å². The van der Waals surface area contributed by atoms with Gasteiger partial charge in [-0.25, -0.2) is 4.98 Å². The van der Waals surface area contributed by atoms with E-state index in [1.54, 1.807) is 0 Å².